The molecule has 1 N–H and O–H groups in total. The summed E-state index contributed by atoms with van der Waals surface area (Å²) >= 11 is 11.9. The summed E-state index contributed by atoms with van der Waals surface area (Å²) in [7, 11) is 0. The van der Waals surface area contributed by atoms with Crippen molar-refractivity contribution in [3.63, 3.8) is 0 Å². The molecule has 0 bridgehead atoms. The second-order valence-corrected chi connectivity index (χ2v) is 4.55. The molecule has 0 spiro atoms. The van der Waals surface area contributed by atoms with Crippen molar-refractivity contribution in [1.82, 2.24) is 5.48 Å². The van der Waals surface area contributed by atoms with Crippen LogP contribution in [-0.4, -0.2) is 12.8 Å². The standard InChI is InChI=1S/C11H9Cl2N3O/c12-8-2-1-7(5-9(8)13)16-11-3-4-14-6-10(11)15-17-16/h1-2,5-6,15H,3-4H2. The van der Waals surface area contributed by atoms with E-state index in [1.807, 2.05) is 6.07 Å². The number of rotatable bonds is 1. The maximum absolute atomic E-state index is 5.99. The van der Waals surface area contributed by atoms with Crippen LogP contribution in [0.2, 0.25) is 10.0 Å². The van der Waals surface area contributed by atoms with Crippen LogP contribution in [0.15, 0.2) is 34.6 Å². The Morgan fingerprint density at radius 2 is 2.18 bits per heavy atom. The highest BCUT2D eigenvalue weighted by molar-refractivity contribution is 6.42. The lowest BCUT2D eigenvalue weighted by Crippen LogP contribution is -2.20. The molecule has 0 aromatic heterocycles. The first kappa shape index (κ1) is 10.9. The maximum Gasteiger partial charge on any atom is 0.103 e. The zero-order valence-electron chi connectivity index (χ0n) is 8.78. The van der Waals surface area contributed by atoms with E-state index in [1.165, 1.54) is 0 Å². The molecule has 0 fully saturated rings. The fourth-order valence-corrected chi connectivity index (χ4v) is 2.09. The smallest absolute Gasteiger partial charge is 0.103 e. The van der Waals surface area contributed by atoms with Gasteiger partial charge in [0.05, 0.1) is 21.4 Å². The van der Waals surface area contributed by atoms with Crippen LogP contribution in [0.1, 0.15) is 6.42 Å². The molecule has 88 valence electrons. The Kier molecular flexibility index (Phi) is 2.70. The van der Waals surface area contributed by atoms with Crippen molar-refractivity contribution in [2.24, 2.45) is 4.99 Å². The van der Waals surface area contributed by atoms with Crippen LogP contribution in [0.5, 0.6) is 0 Å². The Morgan fingerprint density at radius 1 is 1.29 bits per heavy atom. The van der Waals surface area contributed by atoms with Crippen molar-refractivity contribution in [2.45, 2.75) is 6.42 Å². The molecule has 1 aromatic carbocycles. The minimum absolute atomic E-state index is 0.506. The van der Waals surface area contributed by atoms with Gasteiger partial charge in [0, 0.05) is 19.2 Å². The Balaban J connectivity index is 1.97. The zero-order valence-corrected chi connectivity index (χ0v) is 10.3. The van der Waals surface area contributed by atoms with E-state index in [9.17, 15) is 0 Å². The maximum atomic E-state index is 5.99. The van der Waals surface area contributed by atoms with E-state index in [1.54, 1.807) is 23.4 Å². The van der Waals surface area contributed by atoms with Crippen molar-refractivity contribution in [3.8, 4) is 0 Å². The number of nitrogens with one attached hydrogen (secondary N) is 1. The minimum atomic E-state index is 0.506. The van der Waals surface area contributed by atoms with Gasteiger partial charge in [-0.25, -0.2) is 5.48 Å². The topological polar surface area (TPSA) is 36.9 Å². The van der Waals surface area contributed by atoms with E-state index < -0.39 is 0 Å². The number of allylic oxidation sites excluding steroid dienone is 1. The fourth-order valence-electron chi connectivity index (χ4n) is 1.80. The van der Waals surface area contributed by atoms with Gasteiger partial charge in [-0.3, -0.25) is 4.99 Å². The van der Waals surface area contributed by atoms with Gasteiger partial charge in [0.1, 0.15) is 5.70 Å². The summed E-state index contributed by atoms with van der Waals surface area (Å²) in [5.74, 6) is 0. The SMILES string of the molecule is Clc1ccc(N2ONC3=C2CCN=C3)cc1Cl. The summed E-state index contributed by atoms with van der Waals surface area (Å²) < 4.78 is 0. The number of hydrogen-bond donors (Lipinski definition) is 1. The van der Waals surface area contributed by atoms with Crippen LogP contribution in [0.25, 0.3) is 0 Å². The van der Waals surface area contributed by atoms with Gasteiger partial charge < -0.3 is 0 Å². The van der Waals surface area contributed by atoms with Gasteiger partial charge in [-0.1, -0.05) is 23.2 Å². The predicted octanol–water partition coefficient (Wildman–Crippen LogP) is 2.94. The lowest BCUT2D eigenvalue weighted by molar-refractivity contribution is 0.0825. The third-order valence-corrected chi connectivity index (χ3v) is 3.38. The summed E-state index contributed by atoms with van der Waals surface area (Å²) in [5.41, 5.74) is 5.61. The average molecular weight is 270 g/mol. The van der Waals surface area contributed by atoms with Crippen molar-refractivity contribution in [1.29, 1.82) is 0 Å². The van der Waals surface area contributed by atoms with Crippen LogP contribution in [-0.2, 0) is 4.94 Å². The second-order valence-electron chi connectivity index (χ2n) is 3.73. The van der Waals surface area contributed by atoms with Crippen LogP contribution in [0.3, 0.4) is 0 Å². The summed E-state index contributed by atoms with van der Waals surface area (Å²) in [4.78, 5) is 9.58. The third kappa shape index (κ3) is 1.88. The van der Waals surface area contributed by atoms with E-state index in [2.05, 4.69) is 10.5 Å². The van der Waals surface area contributed by atoms with Gasteiger partial charge in [0.2, 0.25) is 0 Å². The minimum Gasteiger partial charge on any atom is -0.290 e. The summed E-state index contributed by atoms with van der Waals surface area (Å²) in [5, 5.41) is 2.75. The quantitative estimate of drug-likeness (QED) is 0.852. The molecule has 6 heteroatoms. The van der Waals surface area contributed by atoms with Gasteiger partial charge >= 0.3 is 0 Å². The molecular weight excluding hydrogens is 261 g/mol. The summed E-state index contributed by atoms with van der Waals surface area (Å²) in [6.45, 7) is 0.766. The molecule has 2 aliphatic heterocycles. The number of nitrogens with zero attached hydrogens (tertiary/aromatic N) is 2. The Bertz CT molecular complexity index is 527. The first-order valence-corrected chi connectivity index (χ1v) is 5.92. The van der Waals surface area contributed by atoms with Crippen molar-refractivity contribution in [2.75, 3.05) is 11.6 Å². The average Bonchev–Trinajstić information content (AvgIpc) is 2.76. The number of hydroxylamine groups is 2. The molecule has 0 radical (unpaired) electrons. The van der Waals surface area contributed by atoms with Crippen molar-refractivity contribution in [3.05, 3.63) is 39.6 Å². The predicted molar refractivity (Wildman–Crippen MR) is 68.2 cm³/mol. The molecule has 0 atom stereocenters. The van der Waals surface area contributed by atoms with E-state index in [4.69, 9.17) is 28.1 Å². The molecule has 0 amide bonds. The number of hydrogen-bond acceptors (Lipinski definition) is 4. The van der Waals surface area contributed by atoms with Crippen molar-refractivity contribution >= 4 is 35.1 Å². The van der Waals surface area contributed by atoms with Gasteiger partial charge in [0.25, 0.3) is 0 Å². The summed E-state index contributed by atoms with van der Waals surface area (Å²) in [6.07, 6.45) is 2.61. The molecule has 3 rings (SSSR count). The number of aliphatic imine (C=N–C) groups is 1. The normalized spacial score (nSPS) is 18.4. The van der Waals surface area contributed by atoms with E-state index in [0.717, 1.165) is 30.0 Å². The lowest BCUT2D eigenvalue weighted by atomic mass is 10.2. The third-order valence-electron chi connectivity index (χ3n) is 2.64. The van der Waals surface area contributed by atoms with E-state index in [-0.39, 0.29) is 0 Å². The highest BCUT2D eigenvalue weighted by Crippen LogP contribution is 2.32. The molecule has 17 heavy (non-hydrogen) atoms. The molecule has 4 nitrogen and oxygen atoms in total. The molecule has 2 heterocycles. The van der Waals surface area contributed by atoms with Gasteiger partial charge in [-0.15, -0.1) is 0 Å². The molecule has 0 saturated carbocycles. The second kappa shape index (κ2) is 4.22. The van der Waals surface area contributed by atoms with Crippen LogP contribution in [0.4, 0.5) is 5.69 Å². The van der Waals surface area contributed by atoms with Crippen LogP contribution >= 0.6 is 23.2 Å². The van der Waals surface area contributed by atoms with Gasteiger partial charge in [0.15, 0.2) is 0 Å². The Morgan fingerprint density at radius 3 is 3.00 bits per heavy atom. The fraction of sp³-hybridized carbons (Fsp3) is 0.182. The molecule has 0 unspecified atom stereocenters. The molecular formula is C11H9Cl2N3O. The molecule has 2 aliphatic rings. The molecule has 0 saturated heterocycles. The largest absolute Gasteiger partial charge is 0.290 e. The number of benzene rings is 1. The lowest BCUT2D eigenvalue weighted by Gasteiger charge is -2.19. The number of anilines is 1. The van der Waals surface area contributed by atoms with Gasteiger partial charge in [-0.2, -0.15) is 10.0 Å². The van der Waals surface area contributed by atoms with Crippen LogP contribution < -0.4 is 10.5 Å². The highest BCUT2D eigenvalue weighted by atomic mass is 35.5. The Labute approximate surface area is 108 Å². The first-order valence-electron chi connectivity index (χ1n) is 5.17. The van der Waals surface area contributed by atoms with E-state index in [0.29, 0.717) is 10.0 Å². The number of halogens is 2. The van der Waals surface area contributed by atoms with Crippen molar-refractivity contribution < 1.29 is 4.94 Å². The molecule has 1 aromatic rings. The first-order chi connectivity index (χ1) is 8.25. The van der Waals surface area contributed by atoms with Gasteiger partial charge in [-0.05, 0) is 18.2 Å². The number of dihydropyridines is 1. The zero-order chi connectivity index (χ0) is 11.8. The van der Waals surface area contributed by atoms with Crippen LogP contribution in [0, 0.1) is 0 Å². The highest BCUT2D eigenvalue weighted by Gasteiger charge is 2.26. The Hall–Kier alpha value is -1.23. The van der Waals surface area contributed by atoms with E-state index >= 15 is 0 Å². The summed E-state index contributed by atoms with van der Waals surface area (Å²) in [6, 6.07) is 5.38. The molecule has 0 aliphatic carbocycles. The monoisotopic (exact) mass is 269 g/mol.